The van der Waals surface area contributed by atoms with Gasteiger partial charge in [-0.05, 0) is 18.6 Å². The van der Waals surface area contributed by atoms with Gasteiger partial charge in [-0.2, -0.15) is 0 Å². The zero-order chi connectivity index (χ0) is 10.9. The minimum atomic E-state index is 0.660. The van der Waals surface area contributed by atoms with Gasteiger partial charge in [-0.15, -0.1) is 11.8 Å². The zero-order valence-corrected chi connectivity index (χ0v) is 10.0. The number of rotatable bonds is 7. The summed E-state index contributed by atoms with van der Waals surface area (Å²) in [5.41, 5.74) is 1.19. The number of hydrogen-bond acceptors (Lipinski definition) is 4. The molecule has 0 radical (unpaired) electrons. The van der Waals surface area contributed by atoms with E-state index in [-0.39, 0.29) is 0 Å². The molecule has 0 aliphatic heterocycles. The Kier molecular flexibility index (Phi) is 6.39. The van der Waals surface area contributed by atoms with Gasteiger partial charge >= 0.3 is 0 Å². The average Bonchev–Trinajstić information content (AvgIpc) is 2.26. The Labute approximate surface area is 95.2 Å². The number of methoxy groups -OCH3 is 1. The first kappa shape index (κ1) is 12.5. The number of ether oxygens (including phenoxy) is 2. The molecule has 3 nitrogen and oxygen atoms in total. The normalized spacial score (nSPS) is 10.5. The van der Waals surface area contributed by atoms with E-state index in [2.05, 4.69) is 11.1 Å². The van der Waals surface area contributed by atoms with E-state index < -0.39 is 0 Å². The van der Waals surface area contributed by atoms with E-state index in [1.165, 1.54) is 5.56 Å². The van der Waals surface area contributed by atoms with Crippen molar-refractivity contribution < 1.29 is 9.47 Å². The van der Waals surface area contributed by atoms with Crippen LogP contribution in [0.4, 0.5) is 0 Å². The van der Waals surface area contributed by atoms with Crippen molar-refractivity contribution >= 4 is 11.8 Å². The second kappa shape index (κ2) is 7.68. The van der Waals surface area contributed by atoms with Gasteiger partial charge in [-0.3, -0.25) is 0 Å². The molecular formula is C11H17NO2S. The number of pyridine rings is 1. The van der Waals surface area contributed by atoms with Gasteiger partial charge in [0.05, 0.1) is 24.8 Å². The number of aromatic nitrogens is 1. The lowest BCUT2D eigenvalue weighted by Gasteiger charge is -2.03. The molecule has 15 heavy (non-hydrogen) atoms. The second-order valence-electron chi connectivity index (χ2n) is 3.13. The molecule has 0 aliphatic rings. The monoisotopic (exact) mass is 227 g/mol. The third-order valence-corrected chi connectivity index (χ3v) is 2.70. The highest BCUT2D eigenvalue weighted by Gasteiger charge is 1.95. The van der Waals surface area contributed by atoms with Crippen molar-refractivity contribution in [1.29, 1.82) is 0 Å². The van der Waals surface area contributed by atoms with Crippen LogP contribution in [0.2, 0.25) is 0 Å². The number of thioether (sulfide) groups is 1. The molecule has 1 rings (SSSR count). The first-order valence-corrected chi connectivity index (χ1v) is 5.93. The Hall–Kier alpha value is -0.580. The Morgan fingerprint density at radius 1 is 1.27 bits per heavy atom. The summed E-state index contributed by atoms with van der Waals surface area (Å²) < 4.78 is 10.2. The Morgan fingerprint density at radius 3 is 2.80 bits per heavy atom. The molecule has 0 aliphatic carbocycles. The van der Waals surface area contributed by atoms with Crippen molar-refractivity contribution in [2.24, 2.45) is 0 Å². The first-order valence-electron chi connectivity index (χ1n) is 4.95. The molecule has 0 bridgehead atoms. The lowest BCUT2D eigenvalue weighted by Crippen LogP contribution is -2.04. The first-order chi connectivity index (χ1) is 7.33. The minimum absolute atomic E-state index is 0.660. The third-order valence-electron chi connectivity index (χ3n) is 1.79. The molecule has 1 heterocycles. The predicted molar refractivity (Wildman–Crippen MR) is 62.4 cm³/mol. The maximum atomic E-state index is 5.35. The van der Waals surface area contributed by atoms with E-state index in [0.29, 0.717) is 13.2 Å². The van der Waals surface area contributed by atoms with Crippen molar-refractivity contribution in [3.63, 3.8) is 0 Å². The van der Waals surface area contributed by atoms with E-state index >= 15 is 0 Å². The SMILES string of the molecule is COCCOCCSc1ccc(C)cn1. The molecule has 0 unspecified atom stereocenters. The Balaban J connectivity index is 2.07. The zero-order valence-electron chi connectivity index (χ0n) is 9.23. The van der Waals surface area contributed by atoms with Crippen molar-refractivity contribution in [1.82, 2.24) is 4.98 Å². The fraction of sp³-hybridized carbons (Fsp3) is 0.545. The van der Waals surface area contributed by atoms with Crippen molar-refractivity contribution in [2.45, 2.75) is 11.9 Å². The minimum Gasteiger partial charge on any atom is -0.382 e. The fourth-order valence-corrected chi connectivity index (χ4v) is 1.69. The largest absolute Gasteiger partial charge is 0.382 e. The van der Waals surface area contributed by atoms with E-state index in [0.717, 1.165) is 17.4 Å². The fourth-order valence-electron chi connectivity index (χ4n) is 0.989. The van der Waals surface area contributed by atoms with E-state index in [9.17, 15) is 0 Å². The molecule has 0 amide bonds. The highest BCUT2D eigenvalue weighted by molar-refractivity contribution is 7.99. The van der Waals surface area contributed by atoms with Crippen LogP contribution in [0.3, 0.4) is 0 Å². The van der Waals surface area contributed by atoms with E-state index in [1.54, 1.807) is 18.9 Å². The number of nitrogens with zero attached hydrogens (tertiary/aromatic N) is 1. The van der Waals surface area contributed by atoms with E-state index in [1.807, 2.05) is 19.2 Å². The second-order valence-corrected chi connectivity index (χ2v) is 4.24. The van der Waals surface area contributed by atoms with Crippen LogP contribution in [0.1, 0.15) is 5.56 Å². The molecule has 0 aromatic carbocycles. The molecule has 0 spiro atoms. The topological polar surface area (TPSA) is 31.4 Å². The van der Waals surface area contributed by atoms with Gasteiger partial charge in [0.25, 0.3) is 0 Å². The van der Waals surface area contributed by atoms with Gasteiger partial charge in [-0.25, -0.2) is 4.98 Å². The summed E-state index contributed by atoms with van der Waals surface area (Å²) in [6, 6.07) is 4.11. The lowest BCUT2D eigenvalue weighted by molar-refractivity contribution is 0.0790. The maximum Gasteiger partial charge on any atom is 0.0960 e. The molecule has 84 valence electrons. The molecule has 0 fully saturated rings. The summed E-state index contributed by atoms with van der Waals surface area (Å²) in [6.07, 6.45) is 1.88. The van der Waals surface area contributed by atoms with Crippen molar-refractivity contribution in [3.05, 3.63) is 23.9 Å². The molecule has 0 atom stereocenters. The smallest absolute Gasteiger partial charge is 0.0960 e. The molecule has 0 saturated heterocycles. The van der Waals surface area contributed by atoms with E-state index in [4.69, 9.17) is 9.47 Å². The van der Waals surface area contributed by atoms with Crippen LogP contribution < -0.4 is 0 Å². The summed E-state index contributed by atoms with van der Waals surface area (Å²) >= 11 is 1.71. The Bertz CT molecular complexity index is 264. The molecule has 1 aromatic heterocycles. The predicted octanol–water partition coefficient (Wildman–Crippen LogP) is 2.15. The van der Waals surface area contributed by atoms with Crippen molar-refractivity contribution in [2.75, 3.05) is 32.7 Å². The van der Waals surface area contributed by atoms with Crippen LogP contribution in [0.15, 0.2) is 23.4 Å². The van der Waals surface area contributed by atoms with Crippen molar-refractivity contribution in [3.8, 4) is 0 Å². The maximum absolute atomic E-state index is 5.35. The summed E-state index contributed by atoms with van der Waals surface area (Å²) in [5.74, 6) is 0.930. The van der Waals surface area contributed by atoms with Crippen LogP contribution >= 0.6 is 11.8 Å². The summed E-state index contributed by atoms with van der Waals surface area (Å²) in [7, 11) is 1.67. The molecular weight excluding hydrogens is 210 g/mol. The lowest BCUT2D eigenvalue weighted by atomic mass is 10.3. The van der Waals surface area contributed by atoms with Gasteiger partial charge in [0.2, 0.25) is 0 Å². The Morgan fingerprint density at radius 2 is 2.13 bits per heavy atom. The molecule has 0 N–H and O–H groups in total. The van der Waals surface area contributed by atoms with Crippen LogP contribution in [0.25, 0.3) is 0 Å². The van der Waals surface area contributed by atoms with Crippen LogP contribution in [0, 0.1) is 6.92 Å². The van der Waals surface area contributed by atoms with Gasteiger partial charge in [-0.1, -0.05) is 6.07 Å². The number of hydrogen-bond donors (Lipinski definition) is 0. The standard InChI is InChI=1S/C11H17NO2S/c1-10-3-4-11(12-9-10)15-8-7-14-6-5-13-2/h3-4,9H,5-8H2,1-2H3. The van der Waals surface area contributed by atoms with Gasteiger partial charge < -0.3 is 9.47 Å². The quantitative estimate of drug-likeness (QED) is 0.527. The molecule has 4 heteroatoms. The highest BCUT2D eigenvalue weighted by Crippen LogP contribution is 2.14. The summed E-state index contributed by atoms with van der Waals surface area (Å²) in [6.45, 7) is 4.10. The average molecular weight is 227 g/mol. The van der Waals surface area contributed by atoms with Gasteiger partial charge in [0.15, 0.2) is 0 Å². The van der Waals surface area contributed by atoms with Crippen LogP contribution in [-0.2, 0) is 9.47 Å². The van der Waals surface area contributed by atoms with Gasteiger partial charge in [0, 0.05) is 19.1 Å². The summed E-state index contributed by atoms with van der Waals surface area (Å²) in [4.78, 5) is 4.29. The van der Waals surface area contributed by atoms with Crippen LogP contribution in [0.5, 0.6) is 0 Å². The summed E-state index contributed by atoms with van der Waals surface area (Å²) in [5, 5.41) is 1.05. The third kappa shape index (κ3) is 5.77. The highest BCUT2D eigenvalue weighted by atomic mass is 32.2. The molecule has 1 aromatic rings. The van der Waals surface area contributed by atoms with Gasteiger partial charge in [0.1, 0.15) is 0 Å². The number of aryl methyl sites for hydroxylation is 1. The van der Waals surface area contributed by atoms with Crippen LogP contribution in [-0.4, -0.2) is 37.7 Å². The molecule has 0 saturated carbocycles.